The van der Waals surface area contributed by atoms with Crippen molar-refractivity contribution in [3.63, 3.8) is 0 Å². The molecule has 0 spiro atoms. The van der Waals surface area contributed by atoms with Crippen LogP contribution in [0.5, 0.6) is 0 Å². The lowest BCUT2D eigenvalue weighted by atomic mass is 9.83. The maximum absolute atomic E-state index is 13.2. The lowest BCUT2D eigenvalue weighted by molar-refractivity contribution is -0.137. The van der Waals surface area contributed by atoms with Crippen LogP contribution in [0.3, 0.4) is 0 Å². The monoisotopic (exact) mass is 482 g/mol. The van der Waals surface area contributed by atoms with Gasteiger partial charge in [-0.15, -0.1) is 5.10 Å². The normalized spacial score (nSPS) is 14.0. The molecule has 0 fully saturated rings. The molecule has 1 atom stereocenters. The van der Waals surface area contributed by atoms with Gasteiger partial charge in [-0.3, -0.25) is 9.59 Å². The van der Waals surface area contributed by atoms with Gasteiger partial charge in [-0.1, -0.05) is 47.2 Å². The minimum Gasteiger partial charge on any atom is -0.481 e. The Hall–Kier alpha value is -4.00. The number of rotatable bonds is 6. The molecule has 5 rings (SSSR count). The second kappa shape index (κ2) is 9.57. The van der Waals surface area contributed by atoms with Gasteiger partial charge in [0.1, 0.15) is 5.52 Å². The first-order valence-corrected chi connectivity index (χ1v) is 12.4. The highest BCUT2D eigenvalue weighted by molar-refractivity contribution is 5.94. The van der Waals surface area contributed by atoms with E-state index in [1.807, 2.05) is 72.8 Å². The minimum absolute atomic E-state index is 0.0251. The van der Waals surface area contributed by atoms with Crippen LogP contribution < -0.4 is 0 Å². The standard InChI is InChI=1S/C29H30N4O3/c1-4-33-26-11-10-24(19(3)28(26)30-31-33)25(16-27(34)35)21-9-8-20-12-13-32(17-23(20)15-21)29(36)22-7-5-6-18(2)14-22/h5-11,14-15,25H,4,12-13,16-17H2,1-3H3,(H,34,35). The molecular weight excluding hydrogens is 452 g/mol. The molecule has 4 aromatic rings. The molecule has 0 aliphatic carbocycles. The first kappa shape index (κ1) is 23.7. The summed E-state index contributed by atoms with van der Waals surface area (Å²) < 4.78 is 1.84. The summed E-state index contributed by atoms with van der Waals surface area (Å²) in [6.07, 6.45) is 0.751. The predicted molar refractivity (Wildman–Crippen MR) is 138 cm³/mol. The summed E-state index contributed by atoms with van der Waals surface area (Å²) >= 11 is 0. The fraction of sp³-hybridized carbons (Fsp3) is 0.310. The molecule has 3 aromatic carbocycles. The van der Waals surface area contributed by atoms with E-state index in [0.717, 1.165) is 51.8 Å². The summed E-state index contributed by atoms with van der Waals surface area (Å²) in [5, 5.41) is 18.4. The molecule has 1 amide bonds. The Morgan fingerprint density at radius 2 is 1.89 bits per heavy atom. The highest BCUT2D eigenvalue weighted by Gasteiger charge is 2.26. The van der Waals surface area contributed by atoms with Crippen LogP contribution in [0.15, 0.2) is 54.6 Å². The number of hydrogen-bond donors (Lipinski definition) is 1. The van der Waals surface area contributed by atoms with Gasteiger partial charge in [0, 0.05) is 31.1 Å². The van der Waals surface area contributed by atoms with E-state index in [1.54, 1.807) is 0 Å². The van der Waals surface area contributed by atoms with Crippen LogP contribution >= 0.6 is 0 Å². The Kier molecular flexibility index (Phi) is 6.31. The van der Waals surface area contributed by atoms with Crippen molar-refractivity contribution in [1.29, 1.82) is 0 Å². The van der Waals surface area contributed by atoms with E-state index in [9.17, 15) is 14.7 Å². The largest absolute Gasteiger partial charge is 0.481 e. The number of aryl methyl sites for hydroxylation is 3. The van der Waals surface area contributed by atoms with Gasteiger partial charge in [-0.05, 0) is 73.2 Å². The molecule has 0 saturated heterocycles. The van der Waals surface area contributed by atoms with Crippen molar-refractivity contribution >= 4 is 22.9 Å². The smallest absolute Gasteiger partial charge is 0.304 e. The summed E-state index contributed by atoms with van der Waals surface area (Å²) in [6, 6.07) is 17.9. The van der Waals surface area contributed by atoms with Crippen molar-refractivity contribution in [1.82, 2.24) is 19.9 Å². The summed E-state index contributed by atoms with van der Waals surface area (Å²) in [7, 11) is 0. The van der Waals surface area contributed by atoms with Gasteiger partial charge >= 0.3 is 5.97 Å². The van der Waals surface area contributed by atoms with Gasteiger partial charge in [0.05, 0.1) is 11.9 Å². The van der Waals surface area contributed by atoms with Gasteiger partial charge in [-0.2, -0.15) is 0 Å². The van der Waals surface area contributed by atoms with Gasteiger partial charge in [0.25, 0.3) is 5.91 Å². The fourth-order valence-electron chi connectivity index (χ4n) is 5.30. The van der Waals surface area contributed by atoms with Crippen molar-refractivity contribution in [3.8, 4) is 0 Å². The van der Waals surface area contributed by atoms with Gasteiger partial charge < -0.3 is 10.0 Å². The summed E-state index contributed by atoms with van der Waals surface area (Å²) in [4.78, 5) is 27.0. The molecule has 7 heteroatoms. The number of amides is 1. The highest BCUT2D eigenvalue weighted by Crippen LogP contribution is 2.35. The van der Waals surface area contributed by atoms with Crippen LogP contribution in [0.25, 0.3) is 11.0 Å². The third-order valence-corrected chi connectivity index (χ3v) is 7.23. The van der Waals surface area contributed by atoms with E-state index in [2.05, 4.69) is 22.4 Å². The number of carboxylic acids is 1. The van der Waals surface area contributed by atoms with Crippen molar-refractivity contribution in [3.05, 3.63) is 93.5 Å². The molecule has 7 nitrogen and oxygen atoms in total. The quantitative estimate of drug-likeness (QED) is 0.423. The first-order chi connectivity index (χ1) is 17.4. The second-order valence-electron chi connectivity index (χ2n) is 9.58. The van der Waals surface area contributed by atoms with Crippen LogP contribution in [-0.2, 0) is 24.3 Å². The van der Waals surface area contributed by atoms with E-state index < -0.39 is 5.97 Å². The number of benzene rings is 3. The predicted octanol–water partition coefficient (Wildman–Crippen LogP) is 4.87. The van der Waals surface area contributed by atoms with Gasteiger partial charge in [-0.25, -0.2) is 4.68 Å². The Morgan fingerprint density at radius 1 is 1.06 bits per heavy atom. The zero-order valence-electron chi connectivity index (χ0n) is 20.9. The Labute approximate surface area is 210 Å². The number of hydrogen-bond acceptors (Lipinski definition) is 4. The average Bonchev–Trinajstić information content (AvgIpc) is 3.30. The summed E-state index contributed by atoms with van der Waals surface area (Å²) in [5.41, 5.74) is 8.62. The molecular formula is C29H30N4O3. The Morgan fingerprint density at radius 3 is 2.64 bits per heavy atom. The molecule has 184 valence electrons. The molecule has 0 saturated carbocycles. The molecule has 1 aliphatic heterocycles. The van der Waals surface area contributed by atoms with Crippen molar-refractivity contribution in [2.24, 2.45) is 0 Å². The van der Waals surface area contributed by atoms with E-state index in [-0.39, 0.29) is 18.2 Å². The zero-order valence-corrected chi connectivity index (χ0v) is 20.9. The topological polar surface area (TPSA) is 88.3 Å². The summed E-state index contributed by atoms with van der Waals surface area (Å²) in [6.45, 7) is 7.89. The molecule has 1 aromatic heterocycles. The molecule has 0 bridgehead atoms. The summed E-state index contributed by atoms with van der Waals surface area (Å²) in [5.74, 6) is -1.16. The van der Waals surface area contributed by atoms with E-state index in [4.69, 9.17) is 0 Å². The van der Waals surface area contributed by atoms with Crippen LogP contribution in [0.1, 0.15) is 63.0 Å². The van der Waals surface area contributed by atoms with Crippen LogP contribution in [0.4, 0.5) is 0 Å². The molecule has 1 N–H and O–H groups in total. The molecule has 2 heterocycles. The number of carbonyl (C=O) groups excluding carboxylic acids is 1. The van der Waals surface area contributed by atoms with Crippen molar-refractivity contribution in [2.45, 2.75) is 52.6 Å². The molecule has 0 radical (unpaired) electrons. The minimum atomic E-state index is -0.856. The van der Waals surface area contributed by atoms with E-state index in [0.29, 0.717) is 18.7 Å². The lowest BCUT2D eigenvalue weighted by Gasteiger charge is -2.30. The molecule has 1 unspecified atom stereocenters. The molecule has 1 aliphatic rings. The van der Waals surface area contributed by atoms with Crippen molar-refractivity contribution < 1.29 is 14.7 Å². The van der Waals surface area contributed by atoms with Crippen LogP contribution in [0, 0.1) is 13.8 Å². The van der Waals surface area contributed by atoms with Crippen LogP contribution in [-0.4, -0.2) is 43.4 Å². The van der Waals surface area contributed by atoms with E-state index >= 15 is 0 Å². The lowest BCUT2D eigenvalue weighted by Crippen LogP contribution is -2.36. The van der Waals surface area contributed by atoms with Gasteiger partial charge in [0.2, 0.25) is 0 Å². The number of nitrogens with zero attached hydrogens (tertiary/aromatic N) is 4. The maximum atomic E-state index is 13.2. The number of aliphatic carboxylic acids is 1. The third-order valence-electron chi connectivity index (χ3n) is 7.23. The highest BCUT2D eigenvalue weighted by atomic mass is 16.4. The Bertz CT molecular complexity index is 1470. The van der Waals surface area contributed by atoms with Crippen LogP contribution in [0.2, 0.25) is 0 Å². The fourth-order valence-corrected chi connectivity index (χ4v) is 5.30. The van der Waals surface area contributed by atoms with Gasteiger partial charge in [0.15, 0.2) is 0 Å². The molecule has 36 heavy (non-hydrogen) atoms. The number of carboxylic acid groups (broad SMARTS) is 1. The Balaban J connectivity index is 1.50. The maximum Gasteiger partial charge on any atom is 0.304 e. The SMILES string of the molecule is CCn1nnc2c(C)c(C(CC(=O)O)c3ccc4c(c3)CN(C(=O)c3cccc(C)c3)CC4)ccc21. The average molecular weight is 483 g/mol. The van der Waals surface area contributed by atoms with E-state index in [1.165, 1.54) is 5.56 Å². The second-order valence-corrected chi connectivity index (χ2v) is 9.58. The first-order valence-electron chi connectivity index (χ1n) is 12.4. The third kappa shape index (κ3) is 4.37. The number of aromatic nitrogens is 3. The zero-order chi connectivity index (χ0) is 25.4. The van der Waals surface area contributed by atoms with Crippen molar-refractivity contribution in [2.75, 3.05) is 6.54 Å². The number of carbonyl (C=O) groups is 2. The number of fused-ring (bicyclic) bond motifs is 2.